The van der Waals surface area contributed by atoms with Crippen molar-refractivity contribution in [2.75, 3.05) is 0 Å². The average Bonchev–Trinajstić information content (AvgIpc) is 3.12. The number of likely N-dealkylation sites (tertiary alicyclic amines) is 1. The van der Waals surface area contributed by atoms with Gasteiger partial charge in [0.25, 0.3) is 0 Å². The Morgan fingerprint density at radius 3 is 2.73 bits per heavy atom. The number of rotatable bonds is 4. The fourth-order valence-electron chi connectivity index (χ4n) is 3.89. The highest BCUT2D eigenvalue weighted by molar-refractivity contribution is 6.30. The van der Waals surface area contributed by atoms with Crippen LogP contribution in [-0.2, 0) is 20.8 Å². The first kappa shape index (κ1) is 16.8. The number of imide groups is 1. The highest BCUT2D eigenvalue weighted by Gasteiger charge is 2.50. The van der Waals surface area contributed by atoms with Crippen LogP contribution in [0.15, 0.2) is 41.4 Å². The van der Waals surface area contributed by atoms with Crippen molar-refractivity contribution in [3.05, 3.63) is 47.1 Å². The summed E-state index contributed by atoms with van der Waals surface area (Å²) in [5, 5.41) is 13.2. The Labute approximate surface area is 154 Å². The number of hydrogen-bond donors (Lipinski definition) is 1. The second-order valence-corrected chi connectivity index (χ2v) is 7.26. The van der Waals surface area contributed by atoms with Crippen LogP contribution in [0.3, 0.4) is 0 Å². The molecule has 2 aliphatic rings. The van der Waals surface area contributed by atoms with Crippen LogP contribution in [0.5, 0.6) is 0 Å². The van der Waals surface area contributed by atoms with Gasteiger partial charge in [0.05, 0.1) is 23.8 Å². The van der Waals surface area contributed by atoms with Gasteiger partial charge in [-0.15, -0.1) is 0 Å². The number of nitrogens with zero attached hydrogens (tertiary/aromatic N) is 1. The number of aromatic nitrogens is 1. The van der Waals surface area contributed by atoms with Gasteiger partial charge in [0.1, 0.15) is 0 Å². The summed E-state index contributed by atoms with van der Waals surface area (Å²) < 4.78 is 0. The van der Waals surface area contributed by atoms with Gasteiger partial charge in [0.2, 0.25) is 11.8 Å². The van der Waals surface area contributed by atoms with Crippen molar-refractivity contribution in [1.82, 2.24) is 9.88 Å². The van der Waals surface area contributed by atoms with Gasteiger partial charge >= 0.3 is 0 Å². The zero-order valence-electron chi connectivity index (χ0n) is 13.8. The number of carboxylic acids is 1. The standard InChI is InChI=1S/C19H17ClN2O4/c20-11-5-6-13-14(8-11)18(24)22(17(13)23)16(19(25)26)9-12-7-10-3-1-2-4-15(10)21-12/h1-5,7,13-14,16,21H,6,8-9H2,(H,25,26)/p-1/t13-,14+,16-/m0/s1. The van der Waals surface area contributed by atoms with E-state index < -0.39 is 35.7 Å². The lowest BCUT2D eigenvalue weighted by molar-refractivity contribution is -0.310. The number of H-pyrrole nitrogens is 1. The van der Waals surface area contributed by atoms with E-state index in [4.69, 9.17) is 11.6 Å². The monoisotopic (exact) mass is 371 g/mol. The molecule has 7 heteroatoms. The number of amides is 2. The molecule has 1 fully saturated rings. The lowest BCUT2D eigenvalue weighted by Gasteiger charge is -2.27. The molecule has 1 saturated heterocycles. The van der Waals surface area contributed by atoms with Crippen molar-refractivity contribution in [2.24, 2.45) is 11.8 Å². The number of nitrogens with one attached hydrogen (secondary N) is 1. The minimum Gasteiger partial charge on any atom is -0.548 e. The predicted octanol–water partition coefficient (Wildman–Crippen LogP) is 1.35. The second kappa shape index (κ2) is 6.29. The van der Waals surface area contributed by atoms with E-state index in [9.17, 15) is 19.5 Å². The zero-order chi connectivity index (χ0) is 18.4. The van der Waals surface area contributed by atoms with E-state index in [-0.39, 0.29) is 12.8 Å². The Bertz CT molecular complexity index is 915. The van der Waals surface area contributed by atoms with Crippen LogP contribution in [0.25, 0.3) is 10.9 Å². The molecule has 2 aromatic rings. The summed E-state index contributed by atoms with van der Waals surface area (Å²) in [5.41, 5.74) is 1.50. The fourth-order valence-corrected chi connectivity index (χ4v) is 4.15. The van der Waals surface area contributed by atoms with Crippen molar-refractivity contribution < 1.29 is 19.5 Å². The number of halogens is 1. The molecule has 1 aromatic carbocycles. The van der Waals surface area contributed by atoms with E-state index in [1.807, 2.05) is 30.3 Å². The largest absolute Gasteiger partial charge is 0.548 e. The molecule has 1 aliphatic carbocycles. The molecule has 2 heterocycles. The Morgan fingerprint density at radius 2 is 2.00 bits per heavy atom. The molecule has 2 amide bonds. The number of fused-ring (bicyclic) bond motifs is 2. The molecular weight excluding hydrogens is 356 g/mol. The zero-order valence-corrected chi connectivity index (χ0v) is 14.5. The number of carbonyl (C=O) groups is 3. The third kappa shape index (κ3) is 2.70. The van der Waals surface area contributed by atoms with Crippen LogP contribution in [0.4, 0.5) is 0 Å². The molecule has 1 N–H and O–H groups in total. The quantitative estimate of drug-likeness (QED) is 0.821. The highest BCUT2D eigenvalue weighted by Crippen LogP contribution is 2.40. The van der Waals surface area contributed by atoms with Crippen molar-refractivity contribution in [3.63, 3.8) is 0 Å². The fraction of sp³-hybridized carbons (Fsp3) is 0.316. The summed E-state index contributed by atoms with van der Waals surface area (Å²) in [7, 11) is 0. The summed E-state index contributed by atoms with van der Waals surface area (Å²) in [6.45, 7) is 0. The van der Waals surface area contributed by atoms with Crippen LogP contribution < -0.4 is 5.11 Å². The number of aliphatic carboxylic acids is 1. The molecule has 0 saturated carbocycles. The van der Waals surface area contributed by atoms with Crippen LogP contribution in [0.1, 0.15) is 18.5 Å². The van der Waals surface area contributed by atoms with Crippen LogP contribution in [0.2, 0.25) is 0 Å². The highest BCUT2D eigenvalue weighted by atomic mass is 35.5. The first-order chi connectivity index (χ1) is 12.5. The topological polar surface area (TPSA) is 93.3 Å². The van der Waals surface area contributed by atoms with Crippen LogP contribution >= 0.6 is 11.6 Å². The van der Waals surface area contributed by atoms with Crippen LogP contribution in [-0.4, -0.2) is 33.7 Å². The van der Waals surface area contributed by atoms with Gasteiger partial charge in [-0.05, 0) is 30.4 Å². The van der Waals surface area contributed by atoms with Gasteiger partial charge in [-0.1, -0.05) is 35.9 Å². The average molecular weight is 372 g/mol. The van der Waals surface area contributed by atoms with E-state index in [1.165, 1.54) is 0 Å². The number of aromatic amines is 1. The van der Waals surface area contributed by atoms with Gasteiger partial charge in [0.15, 0.2) is 0 Å². The number of carboxylic acid groups (broad SMARTS) is 1. The Morgan fingerprint density at radius 1 is 1.27 bits per heavy atom. The lowest BCUT2D eigenvalue weighted by atomic mass is 9.85. The molecule has 1 aliphatic heterocycles. The maximum atomic E-state index is 12.7. The van der Waals surface area contributed by atoms with E-state index in [1.54, 1.807) is 6.08 Å². The molecular formula is C19H16ClN2O4-. The normalized spacial score (nSPS) is 23.9. The number of allylic oxidation sites excluding steroid dienone is 2. The first-order valence-corrected chi connectivity index (χ1v) is 8.82. The van der Waals surface area contributed by atoms with Gasteiger partial charge < -0.3 is 14.9 Å². The molecule has 26 heavy (non-hydrogen) atoms. The third-order valence-electron chi connectivity index (χ3n) is 5.19. The molecule has 6 nitrogen and oxygen atoms in total. The van der Waals surface area contributed by atoms with Gasteiger partial charge in [-0.2, -0.15) is 0 Å². The maximum absolute atomic E-state index is 12.7. The lowest BCUT2D eigenvalue weighted by Crippen LogP contribution is -2.52. The number of carbonyl (C=O) groups excluding carboxylic acids is 3. The van der Waals surface area contributed by atoms with Gasteiger partial charge in [0, 0.05) is 22.7 Å². The summed E-state index contributed by atoms with van der Waals surface area (Å²) in [6, 6.07) is 8.01. The van der Waals surface area contributed by atoms with Crippen molar-refractivity contribution in [2.45, 2.75) is 25.3 Å². The Balaban J connectivity index is 1.63. The third-order valence-corrected chi connectivity index (χ3v) is 5.49. The maximum Gasteiger partial charge on any atom is 0.234 e. The Hall–Kier alpha value is -2.60. The molecule has 1 aromatic heterocycles. The molecule has 134 valence electrons. The summed E-state index contributed by atoms with van der Waals surface area (Å²) in [6.07, 6.45) is 2.34. The van der Waals surface area contributed by atoms with E-state index in [2.05, 4.69) is 4.98 Å². The summed E-state index contributed by atoms with van der Waals surface area (Å²) in [4.78, 5) is 41.2. The number of benzene rings is 1. The van der Waals surface area contributed by atoms with E-state index in [0.29, 0.717) is 17.1 Å². The molecule has 4 rings (SSSR count). The number of para-hydroxylation sites is 1. The minimum atomic E-state index is -1.44. The van der Waals surface area contributed by atoms with Crippen LogP contribution in [0, 0.1) is 11.8 Å². The Kier molecular flexibility index (Phi) is 4.07. The van der Waals surface area contributed by atoms with Crippen molar-refractivity contribution in [1.29, 1.82) is 0 Å². The summed E-state index contributed by atoms with van der Waals surface area (Å²) in [5.74, 6) is -3.48. The molecule has 0 unspecified atom stereocenters. The van der Waals surface area contributed by atoms with Crippen molar-refractivity contribution >= 4 is 40.3 Å². The van der Waals surface area contributed by atoms with Crippen molar-refractivity contribution in [3.8, 4) is 0 Å². The smallest absolute Gasteiger partial charge is 0.234 e. The van der Waals surface area contributed by atoms with E-state index >= 15 is 0 Å². The molecule has 3 atom stereocenters. The van der Waals surface area contributed by atoms with E-state index in [0.717, 1.165) is 15.8 Å². The molecule has 0 bridgehead atoms. The SMILES string of the molecule is O=C([O-])[C@H](Cc1cc2ccccc2[nH]1)N1C(=O)[C@H]2CC=C(Cl)C[C@H]2C1=O. The minimum absolute atomic E-state index is 0.0188. The molecule has 0 spiro atoms. The van der Waals surface area contributed by atoms with Gasteiger partial charge in [-0.3, -0.25) is 14.5 Å². The van der Waals surface area contributed by atoms with Gasteiger partial charge in [-0.25, -0.2) is 0 Å². The predicted molar refractivity (Wildman–Crippen MR) is 92.8 cm³/mol. The summed E-state index contributed by atoms with van der Waals surface area (Å²) >= 11 is 6.01. The number of hydrogen-bond acceptors (Lipinski definition) is 4. The molecule has 0 radical (unpaired) electrons. The second-order valence-electron chi connectivity index (χ2n) is 6.77. The first-order valence-electron chi connectivity index (χ1n) is 8.44.